The molecule has 1 atom stereocenters. The van der Waals surface area contributed by atoms with Gasteiger partial charge in [-0.15, -0.1) is 0 Å². The van der Waals surface area contributed by atoms with Gasteiger partial charge in [0.25, 0.3) is 0 Å². The zero-order valence-corrected chi connectivity index (χ0v) is 12.3. The van der Waals surface area contributed by atoms with Crippen molar-refractivity contribution in [2.75, 3.05) is 25.6 Å². The third kappa shape index (κ3) is 5.28. The number of rotatable bonds is 7. The van der Waals surface area contributed by atoms with Crippen molar-refractivity contribution in [2.24, 2.45) is 11.7 Å². The summed E-state index contributed by atoms with van der Waals surface area (Å²) in [5, 5.41) is 11.7. The van der Waals surface area contributed by atoms with E-state index in [0.717, 1.165) is 18.6 Å². The molecule has 1 fully saturated rings. The molecule has 1 rings (SSSR count). The topological polar surface area (TPSA) is 95.7 Å². The number of aliphatic hydroxyl groups excluding tert-OH is 1. The molecule has 0 aromatic carbocycles. The van der Waals surface area contributed by atoms with Gasteiger partial charge in [0, 0.05) is 13.6 Å². The van der Waals surface area contributed by atoms with Gasteiger partial charge in [-0.2, -0.15) is 11.8 Å². The Balaban J connectivity index is 2.46. The summed E-state index contributed by atoms with van der Waals surface area (Å²) >= 11 is 1.62. The molecule has 110 valence electrons. The molecule has 1 saturated carbocycles. The second kappa shape index (κ2) is 7.59. The molecule has 3 amide bonds. The van der Waals surface area contributed by atoms with E-state index in [1.165, 1.54) is 0 Å². The second-order valence-corrected chi connectivity index (χ2v) is 6.04. The molecule has 4 N–H and O–H groups in total. The van der Waals surface area contributed by atoms with Crippen LogP contribution in [0.2, 0.25) is 0 Å². The van der Waals surface area contributed by atoms with Gasteiger partial charge in [-0.1, -0.05) is 0 Å². The van der Waals surface area contributed by atoms with E-state index in [1.54, 1.807) is 23.7 Å². The zero-order valence-electron chi connectivity index (χ0n) is 11.5. The third-order valence-corrected chi connectivity index (χ3v) is 3.99. The summed E-state index contributed by atoms with van der Waals surface area (Å²) in [6.45, 7) is 0.617. The van der Waals surface area contributed by atoms with Crippen LogP contribution in [0.15, 0.2) is 0 Å². The molecule has 1 unspecified atom stereocenters. The van der Waals surface area contributed by atoms with Gasteiger partial charge >= 0.3 is 6.03 Å². The molecule has 6 nitrogen and oxygen atoms in total. The van der Waals surface area contributed by atoms with E-state index >= 15 is 0 Å². The van der Waals surface area contributed by atoms with Gasteiger partial charge in [0.15, 0.2) is 0 Å². The van der Waals surface area contributed by atoms with Gasteiger partial charge in [-0.25, -0.2) is 4.79 Å². The molecule has 0 saturated heterocycles. The second-order valence-electron chi connectivity index (χ2n) is 5.05. The van der Waals surface area contributed by atoms with Crippen molar-refractivity contribution < 1.29 is 14.7 Å². The molecule has 0 aliphatic heterocycles. The maximum absolute atomic E-state index is 12.2. The number of urea groups is 1. The van der Waals surface area contributed by atoms with Crippen LogP contribution in [0.3, 0.4) is 0 Å². The van der Waals surface area contributed by atoms with E-state index in [4.69, 9.17) is 5.73 Å². The first-order valence-electron chi connectivity index (χ1n) is 6.42. The monoisotopic (exact) mass is 289 g/mol. The molecule has 1 aliphatic carbocycles. The Morgan fingerprint density at radius 1 is 1.53 bits per heavy atom. The SMILES string of the molecule is CSCCC(NC(N)=O)C(=O)N(C)CC1CC(O)C1. The quantitative estimate of drug-likeness (QED) is 0.615. The normalized spacial score (nSPS) is 23.3. The lowest BCUT2D eigenvalue weighted by Gasteiger charge is -2.35. The average molecular weight is 289 g/mol. The summed E-state index contributed by atoms with van der Waals surface area (Å²) < 4.78 is 0. The molecule has 1 aliphatic rings. The van der Waals surface area contributed by atoms with Crippen molar-refractivity contribution in [1.29, 1.82) is 0 Å². The van der Waals surface area contributed by atoms with Gasteiger partial charge in [0.1, 0.15) is 6.04 Å². The van der Waals surface area contributed by atoms with Crippen LogP contribution in [0.4, 0.5) is 4.79 Å². The fraction of sp³-hybridized carbons (Fsp3) is 0.833. The Labute approximate surface area is 118 Å². The zero-order chi connectivity index (χ0) is 14.4. The summed E-state index contributed by atoms with van der Waals surface area (Å²) in [6.07, 6.45) is 3.79. The lowest BCUT2D eigenvalue weighted by molar-refractivity contribution is -0.133. The molecule has 0 spiro atoms. The average Bonchev–Trinajstić information content (AvgIpc) is 2.31. The van der Waals surface area contributed by atoms with Gasteiger partial charge in [0.05, 0.1) is 6.10 Å². The fourth-order valence-corrected chi connectivity index (χ4v) is 2.73. The Morgan fingerprint density at radius 3 is 2.63 bits per heavy atom. The lowest BCUT2D eigenvalue weighted by atomic mass is 9.82. The van der Waals surface area contributed by atoms with Crippen LogP contribution >= 0.6 is 11.8 Å². The van der Waals surface area contributed by atoms with Crippen LogP contribution in [0.5, 0.6) is 0 Å². The van der Waals surface area contributed by atoms with E-state index in [9.17, 15) is 14.7 Å². The van der Waals surface area contributed by atoms with Crippen LogP contribution in [-0.4, -0.2) is 59.7 Å². The Kier molecular flexibility index (Phi) is 6.44. The molecule has 0 heterocycles. The fourth-order valence-electron chi connectivity index (χ4n) is 2.26. The van der Waals surface area contributed by atoms with E-state index in [1.807, 2.05) is 6.26 Å². The molecule has 19 heavy (non-hydrogen) atoms. The van der Waals surface area contributed by atoms with Crippen LogP contribution in [-0.2, 0) is 4.79 Å². The summed E-state index contributed by atoms with van der Waals surface area (Å²) in [5.74, 6) is 1.03. The first kappa shape index (κ1) is 16.1. The maximum atomic E-state index is 12.2. The van der Waals surface area contributed by atoms with Gasteiger partial charge in [-0.3, -0.25) is 4.79 Å². The summed E-state index contributed by atoms with van der Waals surface area (Å²) in [5.41, 5.74) is 5.10. The number of hydrogen-bond acceptors (Lipinski definition) is 4. The number of amides is 3. The molecule has 7 heteroatoms. The minimum absolute atomic E-state index is 0.116. The molecule has 0 aromatic heterocycles. The van der Waals surface area contributed by atoms with Crippen LogP contribution in [0, 0.1) is 5.92 Å². The highest BCUT2D eigenvalue weighted by Gasteiger charge is 2.31. The van der Waals surface area contributed by atoms with Crippen molar-refractivity contribution in [3.05, 3.63) is 0 Å². The highest BCUT2D eigenvalue weighted by atomic mass is 32.2. The highest BCUT2D eigenvalue weighted by molar-refractivity contribution is 7.98. The van der Waals surface area contributed by atoms with Crippen molar-refractivity contribution in [2.45, 2.75) is 31.4 Å². The molecular weight excluding hydrogens is 266 g/mol. The Morgan fingerprint density at radius 2 is 2.16 bits per heavy atom. The van der Waals surface area contributed by atoms with E-state index in [0.29, 0.717) is 18.9 Å². The van der Waals surface area contributed by atoms with Crippen molar-refractivity contribution in [3.8, 4) is 0 Å². The van der Waals surface area contributed by atoms with E-state index < -0.39 is 12.1 Å². The maximum Gasteiger partial charge on any atom is 0.312 e. The standard InChI is InChI=1S/C12H23N3O3S/c1-15(7-8-5-9(16)6-8)11(17)10(3-4-19-2)14-12(13)18/h8-10,16H,3-7H2,1-2H3,(H3,13,14,18). The minimum atomic E-state index is -0.674. The Hall–Kier alpha value is -0.950. The highest BCUT2D eigenvalue weighted by Crippen LogP contribution is 2.27. The van der Waals surface area contributed by atoms with Gasteiger partial charge in [-0.05, 0) is 37.2 Å². The number of nitrogens with zero attached hydrogens (tertiary/aromatic N) is 1. The number of nitrogens with two attached hydrogens (primary N) is 1. The van der Waals surface area contributed by atoms with Crippen LogP contribution in [0.1, 0.15) is 19.3 Å². The number of primary amides is 1. The van der Waals surface area contributed by atoms with Crippen molar-refractivity contribution in [1.82, 2.24) is 10.2 Å². The number of carbonyl (C=O) groups is 2. The summed E-state index contributed by atoms with van der Waals surface area (Å²) in [4.78, 5) is 24.8. The number of hydrogen-bond donors (Lipinski definition) is 3. The number of likely N-dealkylation sites (N-methyl/N-ethyl adjacent to an activating group) is 1. The minimum Gasteiger partial charge on any atom is -0.393 e. The first-order chi connectivity index (χ1) is 8.93. The Bertz CT molecular complexity index is 321. The number of carbonyl (C=O) groups excluding carboxylic acids is 2. The van der Waals surface area contributed by atoms with E-state index in [2.05, 4.69) is 5.32 Å². The summed E-state index contributed by atoms with van der Waals surface area (Å²) in [7, 11) is 1.72. The number of aliphatic hydroxyl groups is 1. The van der Waals surface area contributed by atoms with Crippen LogP contribution in [0.25, 0.3) is 0 Å². The predicted octanol–water partition coefficient (Wildman–Crippen LogP) is 0.00570. The third-order valence-electron chi connectivity index (χ3n) is 3.34. The first-order valence-corrected chi connectivity index (χ1v) is 7.81. The number of thioether (sulfide) groups is 1. The largest absolute Gasteiger partial charge is 0.393 e. The molecule has 0 aromatic rings. The number of nitrogens with one attached hydrogen (secondary N) is 1. The van der Waals surface area contributed by atoms with E-state index in [-0.39, 0.29) is 12.0 Å². The van der Waals surface area contributed by atoms with Crippen molar-refractivity contribution in [3.63, 3.8) is 0 Å². The van der Waals surface area contributed by atoms with Gasteiger partial charge in [0.2, 0.25) is 5.91 Å². The predicted molar refractivity (Wildman–Crippen MR) is 75.9 cm³/mol. The molecular formula is C12H23N3O3S. The van der Waals surface area contributed by atoms with Crippen LogP contribution < -0.4 is 11.1 Å². The van der Waals surface area contributed by atoms with Crippen molar-refractivity contribution >= 4 is 23.7 Å². The lowest BCUT2D eigenvalue weighted by Crippen LogP contribution is -2.51. The molecule has 0 bridgehead atoms. The smallest absolute Gasteiger partial charge is 0.312 e. The summed E-state index contributed by atoms with van der Waals surface area (Å²) in [6, 6.07) is -1.23. The molecule has 0 radical (unpaired) electrons. The van der Waals surface area contributed by atoms with Gasteiger partial charge < -0.3 is 21.1 Å².